The Hall–Kier alpha value is -0.710. The van der Waals surface area contributed by atoms with Crippen molar-refractivity contribution in [1.82, 2.24) is 0 Å². The zero-order valence-electron chi connectivity index (χ0n) is 11.0. The van der Waals surface area contributed by atoms with Crippen molar-refractivity contribution >= 4 is 10.8 Å². The molecule has 4 heteroatoms. The minimum Gasteiger partial charge on any atom is -0.384 e. The van der Waals surface area contributed by atoms with Crippen LogP contribution in [-0.4, -0.2) is 28.9 Å². The molecular weight excluding hydrogens is 246 g/mol. The van der Waals surface area contributed by atoms with Gasteiger partial charge in [0.25, 0.3) is 0 Å². The second kappa shape index (κ2) is 5.95. The molecule has 0 spiro atoms. The second-order valence-electron chi connectivity index (χ2n) is 4.91. The topological polar surface area (TPSA) is 52.3 Å². The van der Waals surface area contributed by atoms with Gasteiger partial charge in [0.2, 0.25) is 0 Å². The summed E-state index contributed by atoms with van der Waals surface area (Å²) < 4.78 is 17.3. The van der Waals surface area contributed by atoms with E-state index >= 15 is 0 Å². The Morgan fingerprint density at radius 3 is 2.72 bits per heavy atom. The van der Waals surface area contributed by atoms with Gasteiger partial charge < -0.3 is 10.5 Å². The van der Waals surface area contributed by atoms with Crippen LogP contribution < -0.4 is 5.73 Å². The van der Waals surface area contributed by atoms with Gasteiger partial charge in [0.05, 0.1) is 11.9 Å². The van der Waals surface area contributed by atoms with Crippen molar-refractivity contribution in [3.05, 3.63) is 35.4 Å². The largest absolute Gasteiger partial charge is 0.384 e. The number of nitrogens with two attached hydrogens (primary N) is 1. The standard InChI is InChI=1S/C14H21NO2S/c1-10-9-13(18(16)8-7-17-2)14(15)12-6-4-3-5-11(10)12/h3-6,10,13-14H,7-9,15H2,1-2H3. The van der Waals surface area contributed by atoms with Gasteiger partial charge in [-0.1, -0.05) is 31.2 Å². The molecule has 1 aromatic carbocycles. The molecule has 1 aliphatic rings. The quantitative estimate of drug-likeness (QED) is 0.907. The van der Waals surface area contributed by atoms with Gasteiger partial charge in [-0.05, 0) is 23.5 Å². The van der Waals surface area contributed by atoms with Crippen LogP contribution in [0.1, 0.15) is 36.4 Å². The first-order chi connectivity index (χ1) is 8.65. The van der Waals surface area contributed by atoms with E-state index in [4.69, 9.17) is 10.5 Å². The summed E-state index contributed by atoms with van der Waals surface area (Å²) >= 11 is 0. The molecule has 3 nitrogen and oxygen atoms in total. The predicted molar refractivity (Wildman–Crippen MR) is 75.1 cm³/mol. The van der Waals surface area contributed by atoms with E-state index in [1.165, 1.54) is 5.56 Å². The first-order valence-corrected chi connectivity index (χ1v) is 7.74. The number of hydrogen-bond acceptors (Lipinski definition) is 3. The zero-order valence-corrected chi connectivity index (χ0v) is 11.8. The summed E-state index contributed by atoms with van der Waals surface area (Å²) in [6, 6.07) is 8.13. The lowest BCUT2D eigenvalue weighted by Crippen LogP contribution is -2.37. The minimum atomic E-state index is -0.914. The highest BCUT2D eigenvalue weighted by Crippen LogP contribution is 2.38. The number of ether oxygens (including phenoxy) is 1. The molecule has 0 radical (unpaired) electrons. The van der Waals surface area contributed by atoms with E-state index in [-0.39, 0.29) is 11.3 Å². The van der Waals surface area contributed by atoms with Crippen molar-refractivity contribution in [2.75, 3.05) is 19.5 Å². The SMILES string of the molecule is COCCS(=O)C1CC(C)c2ccccc2C1N. The Bertz CT molecular complexity index is 436. The van der Waals surface area contributed by atoms with Crippen molar-refractivity contribution in [2.24, 2.45) is 5.73 Å². The van der Waals surface area contributed by atoms with Crippen LogP contribution in [0.5, 0.6) is 0 Å². The van der Waals surface area contributed by atoms with E-state index < -0.39 is 10.8 Å². The Morgan fingerprint density at radius 2 is 2.06 bits per heavy atom. The smallest absolute Gasteiger partial charge is 0.0577 e. The molecule has 18 heavy (non-hydrogen) atoms. The third-order valence-electron chi connectivity index (χ3n) is 3.70. The lowest BCUT2D eigenvalue weighted by atomic mass is 9.81. The lowest BCUT2D eigenvalue weighted by molar-refractivity contribution is 0.217. The molecule has 1 aliphatic carbocycles. The van der Waals surface area contributed by atoms with Crippen LogP contribution in [-0.2, 0) is 15.5 Å². The molecule has 2 rings (SSSR count). The van der Waals surface area contributed by atoms with Gasteiger partial charge in [0, 0.05) is 29.7 Å². The number of benzene rings is 1. The van der Waals surface area contributed by atoms with Crippen LogP contribution in [0.15, 0.2) is 24.3 Å². The minimum absolute atomic E-state index is 0.0463. The van der Waals surface area contributed by atoms with Crippen LogP contribution in [0.2, 0.25) is 0 Å². The third kappa shape index (κ3) is 2.66. The van der Waals surface area contributed by atoms with Gasteiger partial charge in [-0.3, -0.25) is 4.21 Å². The third-order valence-corrected chi connectivity index (χ3v) is 5.43. The molecule has 0 aromatic heterocycles. The molecule has 0 aliphatic heterocycles. The number of fused-ring (bicyclic) bond motifs is 1. The van der Waals surface area contributed by atoms with Crippen LogP contribution >= 0.6 is 0 Å². The molecule has 0 fully saturated rings. The van der Waals surface area contributed by atoms with Crippen molar-refractivity contribution in [2.45, 2.75) is 30.6 Å². The molecule has 0 bridgehead atoms. The van der Waals surface area contributed by atoms with E-state index in [9.17, 15) is 4.21 Å². The maximum atomic E-state index is 12.3. The number of hydrogen-bond donors (Lipinski definition) is 1. The summed E-state index contributed by atoms with van der Waals surface area (Å²) in [6.07, 6.45) is 0.897. The average Bonchev–Trinajstić information content (AvgIpc) is 2.40. The Kier molecular flexibility index (Phi) is 4.54. The summed E-state index contributed by atoms with van der Waals surface area (Å²) in [4.78, 5) is 0. The maximum absolute atomic E-state index is 12.3. The van der Waals surface area contributed by atoms with Gasteiger partial charge in [0.15, 0.2) is 0 Å². The summed E-state index contributed by atoms with van der Waals surface area (Å²) in [5.74, 6) is 1.00. The van der Waals surface area contributed by atoms with Crippen molar-refractivity contribution in [3.8, 4) is 0 Å². The fraction of sp³-hybridized carbons (Fsp3) is 0.571. The first-order valence-electron chi connectivity index (χ1n) is 6.35. The highest BCUT2D eigenvalue weighted by Gasteiger charge is 2.33. The Labute approximate surface area is 111 Å². The van der Waals surface area contributed by atoms with Gasteiger partial charge in [-0.2, -0.15) is 0 Å². The summed E-state index contributed by atoms with van der Waals surface area (Å²) in [7, 11) is 0.720. The van der Waals surface area contributed by atoms with Gasteiger partial charge in [-0.25, -0.2) is 0 Å². The van der Waals surface area contributed by atoms with Crippen molar-refractivity contribution in [1.29, 1.82) is 0 Å². The van der Waals surface area contributed by atoms with Crippen molar-refractivity contribution in [3.63, 3.8) is 0 Å². The van der Waals surface area contributed by atoms with E-state index in [0.717, 1.165) is 12.0 Å². The summed E-state index contributed by atoms with van der Waals surface area (Å²) in [5, 5.41) is 0.0463. The molecule has 0 saturated heterocycles. The fourth-order valence-electron chi connectivity index (χ4n) is 2.67. The highest BCUT2D eigenvalue weighted by molar-refractivity contribution is 7.85. The van der Waals surface area contributed by atoms with Crippen LogP contribution in [0.4, 0.5) is 0 Å². The lowest BCUT2D eigenvalue weighted by Gasteiger charge is -2.34. The molecule has 0 heterocycles. The fourth-order valence-corrected chi connectivity index (χ4v) is 4.28. The molecular formula is C14H21NO2S. The van der Waals surface area contributed by atoms with Crippen LogP contribution in [0.25, 0.3) is 0 Å². The molecule has 0 amide bonds. The normalized spacial score (nSPS) is 28.7. The van der Waals surface area contributed by atoms with Gasteiger partial charge >= 0.3 is 0 Å². The van der Waals surface area contributed by atoms with Gasteiger partial charge in [0.1, 0.15) is 0 Å². The van der Waals surface area contributed by atoms with E-state index in [2.05, 4.69) is 19.1 Å². The molecule has 0 saturated carbocycles. The molecule has 100 valence electrons. The van der Waals surface area contributed by atoms with Gasteiger partial charge in [-0.15, -0.1) is 0 Å². The highest BCUT2D eigenvalue weighted by atomic mass is 32.2. The second-order valence-corrected chi connectivity index (χ2v) is 6.68. The number of rotatable bonds is 4. The molecule has 2 N–H and O–H groups in total. The maximum Gasteiger partial charge on any atom is 0.0577 e. The molecule has 4 unspecified atom stereocenters. The average molecular weight is 267 g/mol. The Balaban J connectivity index is 2.20. The molecule has 4 atom stereocenters. The van der Waals surface area contributed by atoms with Crippen LogP contribution in [0.3, 0.4) is 0 Å². The summed E-state index contributed by atoms with van der Waals surface area (Å²) in [5.41, 5.74) is 8.76. The summed E-state index contributed by atoms with van der Waals surface area (Å²) in [6.45, 7) is 2.72. The number of methoxy groups -OCH3 is 1. The monoisotopic (exact) mass is 267 g/mol. The van der Waals surface area contributed by atoms with Crippen molar-refractivity contribution < 1.29 is 8.95 Å². The Morgan fingerprint density at radius 1 is 1.39 bits per heavy atom. The predicted octanol–water partition coefficient (Wildman–Crippen LogP) is 1.96. The first kappa shape index (κ1) is 13.7. The van der Waals surface area contributed by atoms with E-state index in [1.807, 2.05) is 12.1 Å². The van der Waals surface area contributed by atoms with E-state index in [0.29, 0.717) is 18.3 Å². The zero-order chi connectivity index (χ0) is 13.1. The van der Waals surface area contributed by atoms with Crippen LogP contribution in [0, 0.1) is 0 Å². The van der Waals surface area contributed by atoms with E-state index in [1.54, 1.807) is 7.11 Å². The molecule has 1 aromatic rings.